The Kier molecular flexibility index (Phi) is 5.49. The molecule has 1 N–H and O–H groups in total. The minimum absolute atomic E-state index is 0.341. The lowest BCUT2D eigenvalue weighted by atomic mass is 10.1. The maximum atomic E-state index is 4.26. The van der Waals surface area contributed by atoms with Crippen LogP contribution in [0.2, 0.25) is 0 Å². The molecule has 3 heteroatoms. The van der Waals surface area contributed by atoms with Crippen molar-refractivity contribution in [2.45, 2.75) is 25.1 Å². The van der Waals surface area contributed by atoms with E-state index < -0.39 is 0 Å². The van der Waals surface area contributed by atoms with Crippen molar-refractivity contribution in [3.05, 3.63) is 47.6 Å². The van der Waals surface area contributed by atoms with Gasteiger partial charge in [-0.3, -0.25) is 10.3 Å². The third-order valence-corrected chi connectivity index (χ3v) is 3.88. The summed E-state index contributed by atoms with van der Waals surface area (Å²) >= 11 is 1.83. The molecule has 0 saturated carbocycles. The number of hydrogen-bond acceptors (Lipinski definition) is 3. The lowest BCUT2D eigenvalue weighted by molar-refractivity contribution is 0.772. The molecule has 1 heterocycles. The van der Waals surface area contributed by atoms with Crippen LogP contribution in [0.3, 0.4) is 0 Å². The Morgan fingerprint density at radius 3 is 3.11 bits per heavy atom. The molecule has 1 aliphatic heterocycles. The van der Waals surface area contributed by atoms with E-state index in [0.717, 1.165) is 13.0 Å². The molecule has 18 heavy (non-hydrogen) atoms. The standard InChI is InChI=1S/C15H20N2S/c1-13-8-11-18-15(14-6-3-2-4-7-14)17-10-5-9-16-12-13/h3,5-9,11-13,15,17H,2,4,10H2,1H3/b9-5-,11-8-,16-12?. The number of hydrogen-bond donors (Lipinski definition) is 1. The molecule has 0 aromatic rings. The summed E-state index contributed by atoms with van der Waals surface area (Å²) in [5.41, 5.74) is 1.39. The number of nitrogens with one attached hydrogen (secondary N) is 1. The molecule has 0 radical (unpaired) electrons. The molecule has 0 aromatic carbocycles. The monoisotopic (exact) mass is 260 g/mol. The third-order valence-electron chi connectivity index (χ3n) is 2.86. The summed E-state index contributed by atoms with van der Waals surface area (Å²) in [5, 5.41) is 6.06. The molecule has 0 spiro atoms. The molecule has 0 amide bonds. The molecule has 2 rings (SSSR count). The first-order valence-corrected chi connectivity index (χ1v) is 7.41. The highest BCUT2D eigenvalue weighted by molar-refractivity contribution is 8.02. The second-order valence-corrected chi connectivity index (χ2v) is 5.49. The van der Waals surface area contributed by atoms with E-state index >= 15 is 0 Å². The summed E-state index contributed by atoms with van der Waals surface area (Å²) < 4.78 is 0. The van der Waals surface area contributed by atoms with Crippen LogP contribution in [-0.2, 0) is 0 Å². The average Bonchev–Trinajstić information content (AvgIpc) is 2.45. The van der Waals surface area contributed by atoms with Crippen LogP contribution < -0.4 is 5.32 Å². The topological polar surface area (TPSA) is 24.4 Å². The zero-order valence-corrected chi connectivity index (χ0v) is 11.6. The summed E-state index contributed by atoms with van der Waals surface area (Å²) in [6.07, 6.45) is 17.2. The number of rotatable bonds is 1. The maximum absolute atomic E-state index is 4.26. The molecule has 0 fully saturated rings. The summed E-state index contributed by atoms with van der Waals surface area (Å²) in [7, 11) is 0. The van der Waals surface area contributed by atoms with Gasteiger partial charge in [0.25, 0.3) is 0 Å². The van der Waals surface area contributed by atoms with E-state index in [9.17, 15) is 0 Å². The molecule has 2 aliphatic rings. The third kappa shape index (κ3) is 4.31. The van der Waals surface area contributed by atoms with Gasteiger partial charge in [-0.2, -0.15) is 0 Å². The van der Waals surface area contributed by atoms with Gasteiger partial charge in [0, 0.05) is 24.9 Å². The number of thioether (sulfide) groups is 1. The van der Waals surface area contributed by atoms with Crippen molar-refractivity contribution in [3.8, 4) is 0 Å². The van der Waals surface area contributed by atoms with Crippen LogP contribution in [0.5, 0.6) is 0 Å². The predicted octanol–water partition coefficient (Wildman–Crippen LogP) is 3.66. The highest BCUT2D eigenvalue weighted by Crippen LogP contribution is 2.23. The van der Waals surface area contributed by atoms with Gasteiger partial charge in [-0.25, -0.2) is 0 Å². The Morgan fingerprint density at radius 2 is 2.28 bits per heavy atom. The van der Waals surface area contributed by atoms with Crippen molar-refractivity contribution < 1.29 is 0 Å². The van der Waals surface area contributed by atoms with E-state index in [2.05, 4.69) is 53.0 Å². The molecule has 0 bridgehead atoms. The Bertz CT molecular complexity index is 405. The second kappa shape index (κ2) is 7.39. The molecule has 2 unspecified atom stereocenters. The fourth-order valence-electron chi connectivity index (χ4n) is 1.84. The molecule has 96 valence electrons. The van der Waals surface area contributed by atoms with E-state index in [1.807, 2.05) is 24.2 Å². The Morgan fingerprint density at radius 1 is 1.33 bits per heavy atom. The van der Waals surface area contributed by atoms with E-state index in [-0.39, 0.29) is 0 Å². The summed E-state index contributed by atoms with van der Waals surface area (Å²) in [6.45, 7) is 3.00. The lowest BCUT2D eigenvalue weighted by Gasteiger charge is -2.19. The summed E-state index contributed by atoms with van der Waals surface area (Å²) in [5.74, 6) is 0.386. The van der Waals surface area contributed by atoms with Crippen molar-refractivity contribution in [1.82, 2.24) is 5.32 Å². The first kappa shape index (κ1) is 13.4. The predicted molar refractivity (Wildman–Crippen MR) is 81.8 cm³/mol. The molecular formula is C15H20N2S. The second-order valence-electron chi connectivity index (χ2n) is 4.48. The van der Waals surface area contributed by atoms with Gasteiger partial charge in [-0.1, -0.05) is 37.3 Å². The van der Waals surface area contributed by atoms with Crippen LogP contribution in [0.15, 0.2) is 52.6 Å². The largest absolute Gasteiger partial charge is 0.298 e. The van der Waals surface area contributed by atoms with Crippen LogP contribution in [0.4, 0.5) is 0 Å². The van der Waals surface area contributed by atoms with Crippen LogP contribution in [-0.4, -0.2) is 18.1 Å². The van der Waals surface area contributed by atoms with E-state index in [1.165, 1.54) is 12.0 Å². The highest BCUT2D eigenvalue weighted by atomic mass is 32.2. The Balaban J connectivity index is 2.06. The minimum atomic E-state index is 0.341. The molecule has 0 aromatic heterocycles. The first-order valence-electron chi connectivity index (χ1n) is 6.46. The molecule has 0 saturated heterocycles. The zero-order chi connectivity index (χ0) is 12.6. The molecule has 2 nitrogen and oxygen atoms in total. The molecular weight excluding hydrogens is 240 g/mol. The fourth-order valence-corrected chi connectivity index (χ4v) is 2.86. The molecule has 1 aliphatic carbocycles. The van der Waals surface area contributed by atoms with Crippen molar-refractivity contribution in [3.63, 3.8) is 0 Å². The number of allylic oxidation sites excluding steroid dienone is 3. The Labute approximate surface area is 114 Å². The van der Waals surface area contributed by atoms with Crippen molar-refractivity contribution in [2.75, 3.05) is 6.54 Å². The van der Waals surface area contributed by atoms with Gasteiger partial charge in [0.2, 0.25) is 0 Å². The van der Waals surface area contributed by atoms with Gasteiger partial charge in [0.1, 0.15) is 0 Å². The van der Waals surface area contributed by atoms with Gasteiger partial charge < -0.3 is 0 Å². The Hall–Kier alpha value is -1.06. The zero-order valence-electron chi connectivity index (χ0n) is 10.8. The van der Waals surface area contributed by atoms with Crippen LogP contribution in [0.25, 0.3) is 0 Å². The van der Waals surface area contributed by atoms with Crippen molar-refractivity contribution in [1.29, 1.82) is 0 Å². The highest BCUT2D eigenvalue weighted by Gasteiger charge is 2.11. The SMILES string of the molecule is CC1C=N/C=C\CNC(C2=CCCC=C2)S/C=C\1. The average molecular weight is 260 g/mol. The van der Waals surface area contributed by atoms with E-state index in [1.54, 1.807) is 0 Å². The smallest absolute Gasteiger partial charge is 0.0829 e. The summed E-state index contributed by atoms with van der Waals surface area (Å²) in [4.78, 5) is 4.26. The van der Waals surface area contributed by atoms with E-state index in [4.69, 9.17) is 0 Å². The molecule has 2 atom stereocenters. The number of nitrogens with zero attached hydrogens (tertiary/aromatic N) is 1. The van der Waals surface area contributed by atoms with Gasteiger partial charge >= 0.3 is 0 Å². The number of aliphatic imine (C=N–C) groups is 1. The van der Waals surface area contributed by atoms with E-state index in [0.29, 0.717) is 11.3 Å². The fraction of sp³-hybridized carbons (Fsp3) is 0.400. The van der Waals surface area contributed by atoms with Crippen LogP contribution in [0, 0.1) is 5.92 Å². The van der Waals surface area contributed by atoms with Gasteiger partial charge in [0.15, 0.2) is 0 Å². The maximum Gasteiger partial charge on any atom is 0.0829 e. The van der Waals surface area contributed by atoms with Crippen LogP contribution in [0.1, 0.15) is 19.8 Å². The van der Waals surface area contributed by atoms with Gasteiger partial charge in [-0.15, -0.1) is 11.8 Å². The van der Waals surface area contributed by atoms with Gasteiger partial charge in [0.05, 0.1) is 5.37 Å². The first-order chi connectivity index (χ1) is 8.86. The normalized spacial score (nSPS) is 32.4. The van der Waals surface area contributed by atoms with Crippen molar-refractivity contribution >= 4 is 18.0 Å². The van der Waals surface area contributed by atoms with Crippen molar-refractivity contribution in [2.24, 2.45) is 10.9 Å². The quantitative estimate of drug-likeness (QED) is 0.778. The van der Waals surface area contributed by atoms with Crippen LogP contribution >= 0.6 is 11.8 Å². The summed E-state index contributed by atoms with van der Waals surface area (Å²) in [6, 6.07) is 0. The van der Waals surface area contributed by atoms with Gasteiger partial charge in [-0.05, 0) is 23.8 Å². The minimum Gasteiger partial charge on any atom is -0.298 e. The lowest BCUT2D eigenvalue weighted by Crippen LogP contribution is -2.27.